The average Bonchev–Trinajstić information content (AvgIpc) is 2.27. The molecular weight excluding hydrogens is 200 g/mol. The molecule has 2 heteroatoms. The Kier molecular flexibility index (Phi) is 4.81. The summed E-state index contributed by atoms with van der Waals surface area (Å²) in [5, 5.41) is 9.24. The third-order valence-corrected chi connectivity index (χ3v) is 2.69. The predicted octanol–water partition coefficient (Wildman–Crippen LogP) is 3.13. The second-order valence-electron chi connectivity index (χ2n) is 4.43. The molecule has 1 atom stereocenters. The maximum Gasteiger partial charge on any atom is 0.123 e. The maximum atomic E-state index is 9.24. The molecule has 0 heterocycles. The zero-order valence-electron chi connectivity index (χ0n) is 10.7. The van der Waals surface area contributed by atoms with Gasteiger partial charge in [0, 0.05) is 12.5 Å². The van der Waals surface area contributed by atoms with E-state index in [1.165, 1.54) is 11.1 Å². The van der Waals surface area contributed by atoms with Crippen molar-refractivity contribution >= 4 is 0 Å². The predicted molar refractivity (Wildman–Crippen MR) is 67.1 cm³/mol. The van der Waals surface area contributed by atoms with E-state index in [1.54, 1.807) is 0 Å². The minimum atomic E-state index is 0.172. The summed E-state index contributed by atoms with van der Waals surface area (Å²) in [6, 6.07) is 6.08. The van der Waals surface area contributed by atoms with Gasteiger partial charge in [0.05, 0.1) is 6.10 Å². The smallest absolute Gasteiger partial charge is 0.123 e. The molecule has 0 amide bonds. The van der Waals surface area contributed by atoms with Crippen LogP contribution >= 0.6 is 0 Å². The van der Waals surface area contributed by atoms with Gasteiger partial charge in [-0.2, -0.15) is 0 Å². The molecule has 0 radical (unpaired) electrons. The summed E-state index contributed by atoms with van der Waals surface area (Å²) in [5.41, 5.74) is 2.42. The van der Waals surface area contributed by atoms with E-state index >= 15 is 0 Å². The Morgan fingerprint density at radius 3 is 2.44 bits per heavy atom. The third kappa shape index (κ3) is 2.99. The molecule has 0 aliphatic carbocycles. The molecule has 16 heavy (non-hydrogen) atoms. The van der Waals surface area contributed by atoms with Crippen molar-refractivity contribution in [1.29, 1.82) is 0 Å². The van der Waals surface area contributed by atoms with Crippen molar-refractivity contribution in [3.63, 3.8) is 0 Å². The van der Waals surface area contributed by atoms with Gasteiger partial charge in [-0.15, -0.1) is 0 Å². The second-order valence-corrected chi connectivity index (χ2v) is 4.43. The van der Waals surface area contributed by atoms with Crippen LogP contribution in [0.1, 0.15) is 44.7 Å². The monoisotopic (exact) mass is 222 g/mol. The van der Waals surface area contributed by atoms with Crippen LogP contribution in [-0.2, 0) is 6.42 Å². The van der Waals surface area contributed by atoms with Crippen molar-refractivity contribution < 1.29 is 9.84 Å². The normalized spacial score (nSPS) is 12.9. The van der Waals surface area contributed by atoms with Gasteiger partial charge in [-0.1, -0.05) is 26.0 Å². The third-order valence-electron chi connectivity index (χ3n) is 2.69. The zero-order chi connectivity index (χ0) is 12.1. The summed E-state index contributed by atoms with van der Waals surface area (Å²) in [4.78, 5) is 0. The van der Waals surface area contributed by atoms with Crippen molar-refractivity contribution in [2.75, 3.05) is 6.61 Å². The van der Waals surface area contributed by atoms with Gasteiger partial charge in [-0.3, -0.25) is 0 Å². The summed E-state index contributed by atoms with van der Waals surface area (Å²) >= 11 is 0. The summed E-state index contributed by atoms with van der Waals surface area (Å²) in [6.07, 6.45) is 1.12. The Hall–Kier alpha value is -1.02. The molecule has 0 saturated carbocycles. The molecule has 0 aliphatic rings. The first-order valence-electron chi connectivity index (χ1n) is 5.99. The van der Waals surface area contributed by atoms with Gasteiger partial charge in [0.15, 0.2) is 0 Å². The van der Waals surface area contributed by atoms with Gasteiger partial charge >= 0.3 is 0 Å². The lowest BCUT2D eigenvalue weighted by Crippen LogP contribution is -2.10. The second kappa shape index (κ2) is 5.90. The topological polar surface area (TPSA) is 29.5 Å². The van der Waals surface area contributed by atoms with Gasteiger partial charge < -0.3 is 9.84 Å². The van der Waals surface area contributed by atoms with Crippen LogP contribution in [0.15, 0.2) is 18.2 Å². The highest BCUT2D eigenvalue weighted by molar-refractivity contribution is 5.42. The SMILES string of the molecule is CCc1c(OC(C)C)cccc1C(C)CO. The molecule has 0 saturated heterocycles. The first-order valence-corrected chi connectivity index (χ1v) is 5.99. The van der Waals surface area contributed by atoms with Crippen LogP contribution in [0.2, 0.25) is 0 Å². The molecule has 1 N–H and O–H groups in total. The van der Waals surface area contributed by atoms with Crippen molar-refractivity contribution in [1.82, 2.24) is 0 Å². The van der Waals surface area contributed by atoms with Gasteiger partial charge in [0.25, 0.3) is 0 Å². The first-order chi connectivity index (χ1) is 7.60. The molecule has 0 bridgehead atoms. The molecule has 1 aromatic rings. The van der Waals surface area contributed by atoms with E-state index < -0.39 is 0 Å². The highest BCUT2D eigenvalue weighted by Gasteiger charge is 2.13. The summed E-state index contributed by atoms with van der Waals surface area (Å²) in [5.74, 6) is 1.13. The van der Waals surface area contributed by atoms with Crippen LogP contribution in [0.3, 0.4) is 0 Å². The van der Waals surface area contributed by atoms with Crippen LogP contribution in [0.5, 0.6) is 5.75 Å². The van der Waals surface area contributed by atoms with Crippen LogP contribution in [-0.4, -0.2) is 17.8 Å². The van der Waals surface area contributed by atoms with Gasteiger partial charge in [-0.25, -0.2) is 0 Å². The molecule has 0 aliphatic heterocycles. The quantitative estimate of drug-likeness (QED) is 0.829. The highest BCUT2D eigenvalue weighted by atomic mass is 16.5. The number of hydrogen-bond donors (Lipinski definition) is 1. The lowest BCUT2D eigenvalue weighted by molar-refractivity contribution is 0.238. The lowest BCUT2D eigenvalue weighted by atomic mass is 9.94. The van der Waals surface area contributed by atoms with Crippen molar-refractivity contribution in [2.45, 2.75) is 46.1 Å². The summed E-state index contributed by atoms with van der Waals surface area (Å²) in [6.45, 7) is 8.39. The van der Waals surface area contributed by atoms with Crippen molar-refractivity contribution in [3.05, 3.63) is 29.3 Å². The van der Waals surface area contributed by atoms with E-state index in [-0.39, 0.29) is 18.6 Å². The van der Waals surface area contributed by atoms with Gasteiger partial charge in [0.2, 0.25) is 0 Å². The molecule has 1 rings (SSSR count). The number of aliphatic hydroxyl groups excluding tert-OH is 1. The van der Waals surface area contributed by atoms with E-state index in [9.17, 15) is 5.11 Å². The molecule has 1 aromatic carbocycles. The highest BCUT2D eigenvalue weighted by Crippen LogP contribution is 2.29. The first kappa shape index (κ1) is 13.0. The average molecular weight is 222 g/mol. The Balaban J connectivity index is 3.10. The molecule has 1 unspecified atom stereocenters. The van der Waals surface area contributed by atoms with E-state index in [0.29, 0.717) is 0 Å². The fourth-order valence-electron chi connectivity index (χ4n) is 1.89. The molecular formula is C14H22O2. The van der Waals surface area contributed by atoms with Gasteiger partial charge in [0.1, 0.15) is 5.75 Å². The van der Waals surface area contributed by atoms with Crippen LogP contribution in [0.25, 0.3) is 0 Å². The van der Waals surface area contributed by atoms with Crippen molar-refractivity contribution in [3.8, 4) is 5.75 Å². The largest absolute Gasteiger partial charge is 0.491 e. The zero-order valence-corrected chi connectivity index (χ0v) is 10.7. The molecule has 90 valence electrons. The molecule has 0 fully saturated rings. The van der Waals surface area contributed by atoms with E-state index in [0.717, 1.165) is 12.2 Å². The van der Waals surface area contributed by atoms with Gasteiger partial charge in [-0.05, 0) is 37.5 Å². The van der Waals surface area contributed by atoms with E-state index in [2.05, 4.69) is 13.0 Å². The minimum Gasteiger partial charge on any atom is -0.491 e. The Morgan fingerprint density at radius 2 is 1.94 bits per heavy atom. The number of benzene rings is 1. The van der Waals surface area contributed by atoms with E-state index in [1.807, 2.05) is 32.9 Å². The number of hydrogen-bond acceptors (Lipinski definition) is 2. The number of rotatable bonds is 5. The van der Waals surface area contributed by atoms with Crippen molar-refractivity contribution in [2.24, 2.45) is 0 Å². The molecule has 2 nitrogen and oxygen atoms in total. The number of ether oxygens (including phenoxy) is 1. The summed E-state index contributed by atoms with van der Waals surface area (Å²) < 4.78 is 5.79. The van der Waals surface area contributed by atoms with Crippen LogP contribution in [0.4, 0.5) is 0 Å². The van der Waals surface area contributed by atoms with E-state index in [4.69, 9.17) is 4.74 Å². The van der Waals surface area contributed by atoms with Crippen LogP contribution in [0, 0.1) is 0 Å². The fraction of sp³-hybridized carbons (Fsp3) is 0.571. The maximum absolute atomic E-state index is 9.24. The standard InChI is InChI=1S/C14H22O2/c1-5-12-13(11(4)9-15)7-6-8-14(12)16-10(2)3/h6-8,10-11,15H,5,9H2,1-4H3. The fourth-order valence-corrected chi connectivity index (χ4v) is 1.89. The number of aliphatic hydroxyl groups is 1. The summed E-state index contributed by atoms with van der Waals surface area (Å²) in [7, 11) is 0. The minimum absolute atomic E-state index is 0.172. The molecule has 0 spiro atoms. The Bertz CT molecular complexity index is 332. The van der Waals surface area contributed by atoms with Crippen LogP contribution < -0.4 is 4.74 Å². The lowest BCUT2D eigenvalue weighted by Gasteiger charge is -2.19. The Labute approximate surface area is 98.3 Å². The molecule has 0 aromatic heterocycles. The Morgan fingerprint density at radius 1 is 1.25 bits per heavy atom.